The largest absolute Gasteiger partial charge is 0.457 e. The highest BCUT2D eigenvalue weighted by atomic mass is 79.9. The molecule has 0 bridgehead atoms. The standard InChI is InChI=1S/C22H19BrN2O4S/c1-15(26)25-13-12-16-14-21(10-11-22(16)25)30(27,28)24-18-4-8-20(9-5-18)29-19-6-2-17(23)3-7-19/h2-11,14,24H,12-13H2,1H3. The fraction of sp³-hybridized carbons (Fsp3) is 0.136. The van der Waals surface area contributed by atoms with Gasteiger partial charge in [0.1, 0.15) is 11.5 Å². The Kier molecular flexibility index (Phi) is 5.53. The summed E-state index contributed by atoms with van der Waals surface area (Å²) in [7, 11) is -3.75. The molecule has 3 aromatic rings. The van der Waals surface area contributed by atoms with Crippen LogP contribution in [0.2, 0.25) is 0 Å². The van der Waals surface area contributed by atoms with Crippen LogP contribution in [0.4, 0.5) is 11.4 Å². The summed E-state index contributed by atoms with van der Waals surface area (Å²) in [5, 5.41) is 0. The van der Waals surface area contributed by atoms with E-state index in [0.29, 0.717) is 30.2 Å². The number of nitrogens with zero attached hydrogens (tertiary/aromatic N) is 1. The van der Waals surface area contributed by atoms with Gasteiger partial charge in [-0.1, -0.05) is 15.9 Å². The average Bonchev–Trinajstić information content (AvgIpc) is 3.15. The molecule has 0 unspecified atom stereocenters. The lowest BCUT2D eigenvalue weighted by atomic mass is 10.2. The lowest BCUT2D eigenvalue weighted by Gasteiger charge is -2.15. The zero-order chi connectivity index (χ0) is 21.3. The van der Waals surface area contributed by atoms with E-state index in [-0.39, 0.29) is 10.8 Å². The molecule has 30 heavy (non-hydrogen) atoms. The Labute approximate surface area is 183 Å². The summed E-state index contributed by atoms with van der Waals surface area (Å²) < 4.78 is 34.9. The van der Waals surface area contributed by atoms with E-state index >= 15 is 0 Å². The number of hydrogen-bond donors (Lipinski definition) is 1. The number of halogens is 1. The Morgan fingerprint density at radius 3 is 2.27 bits per heavy atom. The highest BCUT2D eigenvalue weighted by molar-refractivity contribution is 9.10. The Balaban J connectivity index is 1.48. The van der Waals surface area contributed by atoms with Crippen LogP contribution >= 0.6 is 15.9 Å². The second kappa shape index (κ2) is 8.12. The van der Waals surface area contributed by atoms with Gasteiger partial charge in [-0.2, -0.15) is 0 Å². The number of benzene rings is 3. The summed E-state index contributed by atoms with van der Waals surface area (Å²) >= 11 is 3.38. The highest BCUT2D eigenvalue weighted by Crippen LogP contribution is 2.31. The third-order valence-corrected chi connectivity index (χ3v) is 6.70. The predicted molar refractivity (Wildman–Crippen MR) is 120 cm³/mol. The second-order valence-electron chi connectivity index (χ2n) is 6.90. The quantitative estimate of drug-likeness (QED) is 0.553. The first-order valence-electron chi connectivity index (χ1n) is 9.29. The summed E-state index contributed by atoms with van der Waals surface area (Å²) in [6.45, 7) is 2.08. The molecule has 0 spiro atoms. The molecule has 6 nitrogen and oxygen atoms in total. The number of carbonyl (C=O) groups excluding carboxylic acids is 1. The number of ether oxygens (including phenoxy) is 1. The maximum Gasteiger partial charge on any atom is 0.261 e. The number of anilines is 2. The molecule has 1 aliphatic rings. The van der Waals surface area contributed by atoms with E-state index in [0.717, 1.165) is 15.7 Å². The Morgan fingerprint density at radius 2 is 1.63 bits per heavy atom. The van der Waals surface area contributed by atoms with E-state index in [4.69, 9.17) is 4.74 Å². The molecule has 1 amide bonds. The summed E-state index contributed by atoms with van der Waals surface area (Å²) in [6.07, 6.45) is 0.639. The monoisotopic (exact) mass is 486 g/mol. The molecule has 0 fully saturated rings. The van der Waals surface area contributed by atoms with Crippen LogP contribution in [0.15, 0.2) is 76.1 Å². The zero-order valence-corrected chi connectivity index (χ0v) is 18.5. The van der Waals surface area contributed by atoms with Crippen molar-refractivity contribution in [2.75, 3.05) is 16.2 Å². The van der Waals surface area contributed by atoms with E-state index in [2.05, 4.69) is 20.7 Å². The number of fused-ring (bicyclic) bond motifs is 1. The Morgan fingerprint density at radius 1 is 1.00 bits per heavy atom. The van der Waals surface area contributed by atoms with Gasteiger partial charge in [-0.05, 0) is 78.7 Å². The minimum absolute atomic E-state index is 0.0482. The van der Waals surface area contributed by atoms with Gasteiger partial charge in [0.2, 0.25) is 5.91 Å². The molecular formula is C22H19BrN2O4S. The predicted octanol–water partition coefficient (Wildman–Crippen LogP) is 4.95. The summed E-state index contributed by atoms with van der Waals surface area (Å²) in [5.41, 5.74) is 2.06. The van der Waals surface area contributed by atoms with Gasteiger partial charge < -0.3 is 9.64 Å². The van der Waals surface area contributed by atoms with Crippen LogP contribution in [0.1, 0.15) is 12.5 Å². The van der Waals surface area contributed by atoms with Gasteiger partial charge in [-0.3, -0.25) is 9.52 Å². The van der Waals surface area contributed by atoms with Crippen molar-refractivity contribution < 1.29 is 17.9 Å². The Hall–Kier alpha value is -2.84. The van der Waals surface area contributed by atoms with Crippen LogP contribution in [0.25, 0.3) is 0 Å². The fourth-order valence-electron chi connectivity index (χ4n) is 3.32. The van der Waals surface area contributed by atoms with Crippen LogP contribution in [-0.2, 0) is 21.2 Å². The number of sulfonamides is 1. The van der Waals surface area contributed by atoms with Gasteiger partial charge in [0, 0.05) is 29.3 Å². The minimum Gasteiger partial charge on any atom is -0.457 e. The fourth-order valence-corrected chi connectivity index (χ4v) is 4.69. The normalized spacial score (nSPS) is 13.1. The van der Waals surface area contributed by atoms with Gasteiger partial charge in [-0.15, -0.1) is 0 Å². The molecule has 1 N–H and O–H groups in total. The zero-order valence-electron chi connectivity index (χ0n) is 16.1. The smallest absolute Gasteiger partial charge is 0.261 e. The summed E-state index contributed by atoms with van der Waals surface area (Å²) in [5.74, 6) is 1.24. The van der Waals surface area contributed by atoms with E-state index in [1.807, 2.05) is 24.3 Å². The molecule has 154 valence electrons. The molecule has 8 heteroatoms. The number of amides is 1. The van der Waals surface area contributed by atoms with Crippen molar-refractivity contribution in [1.82, 2.24) is 0 Å². The first-order valence-corrected chi connectivity index (χ1v) is 11.6. The molecule has 0 saturated carbocycles. The van der Waals surface area contributed by atoms with Crippen molar-refractivity contribution in [3.8, 4) is 11.5 Å². The van der Waals surface area contributed by atoms with Gasteiger partial charge in [-0.25, -0.2) is 8.42 Å². The lowest BCUT2D eigenvalue weighted by Crippen LogP contribution is -2.25. The second-order valence-corrected chi connectivity index (χ2v) is 9.50. The van der Waals surface area contributed by atoms with Crippen LogP contribution in [-0.4, -0.2) is 20.9 Å². The molecule has 3 aromatic carbocycles. The topological polar surface area (TPSA) is 75.7 Å². The van der Waals surface area contributed by atoms with Crippen molar-refractivity contribution in [1.29, 1.82) is 0 Å². The maximum absolute atomic E-state index is 12.8. The average molecular weight is 487 g/mol. The Bertz CT molecular complexity index is 1190. The van der Waals surface area contributed by atoms with Crippen molar-refractivity contribution in [2.45, 2.75) is 18.2 Å². The van der Waals surface area contributed by atoms with Crippen molar-refractivity contribution in [3.05, 3.63) is 76.8 Å². The summed E-state index contributed by atoms with van der Waals surface area (Å²) in [4.78, 5) is 13.5. The number of nitrogens with one attached hydrogen (secondary N) is 1. The molecule has 0 radical (unpaired) electrons. The highest BCUT2D eigenvalue weighted by Gasteiger charge is 2.24. The number of carbonyl (C=O) groups is 1. The number of hydrogen-bond acceptors (Lipinski definition) is 4. The summed E-state index contributed by atoms with van der Waals surface area (Å²) in [6, 6.07) is 19.0. The third kappa shape index (κ3) is 4.34. The van der Waals surface area contributed by atoms with Gasteiger partial charge in [0.15, 0.2) is 0 Å². The first-order chi connectivity index (χ1) is 14.3. The first kappa shape index (κ1) is 20.4. The molecule has 4 rings (SSSR count). The van der Waals surface area contributed by atoms with Crippen LogP contribution in [0.5, 0.6) is 11.5 Å². The van der Waals surface area contributed by atoms with E-state index < -0.39 is 10.0 Å². The van der Waals surface area contributed by atoms with Crippen molar-refractivity contribution in [3.63, 3.8) is 0 Å². The van der Waals surface area contributed by atoms with Gasteiger partial charge in [0.25, 0.3) is 10.0 Å². The van der Waals surface area contributed by atoms with Gasteiger partial charge >= 0.3 is 0 Å². The van der Waals surface area contributed by atoms with Crippen LogP contribution in [0, 0.1) is 0 Å². The molecule has 0 atom stereocenters. The molecule has 1 heterocycles. The van der Waals surface area contributed by atoms with E-state index in [1.165, 1.54) is 13.0 Å². The van der Waals surface area contributed by atoms with Crippen LogP contribution < -0.4 is 14.4 Å². The van der Waals surface area contributed by atoms with Crippen LogP contribution in [0.3, 0.4) is 0 Å². The minimum atomic E-state index is -3.75. The van der Waals surface area contributed by atoms with Gasteiger partial charge in [0.05, 0.1) is 4.90 Å². The van der Waals surface area contributed by atoms with Crippen molar-refractivity contribution >= 4 is 43.2 Å². The molecule has 1 aliphatic heterocycles. The molecule has 0 aromatic heterocycles. The number of rotatable bonds is 5. The molecule has 0 saturated heterocycles. The third-order valence-electron chi connectivity index (χ3n) is 4.79. The molecular weight excluding hydrogens is 468 g/mol. The van der Waals surface area contributed by atoms with E-state index in [9.17, 15) is 13.2 Å². The lowest BCUT2D eigenvalue weighted by molar-refractivity contribution is -0.116. The molecule has 0 aliphatic carbocycles. The SMILES string of the molecule is CC(=O)N1CCc2cc(S(=O)(=O)Nc3ccc(Oc4ccc(Br)cc4)cc3)ccc21. The maximum atomic E-state index is 12.8. The van der Waals surface area contributed by atoms with Crippen molar-refractivity contribution in [2.24, 2.45) is 0 Å². The van der Waals surface area contributed by atoms with E-state index in [1.54, 1.807) is 41.3 Å².